The Bertz CT molecular complexity index is 240. The molecule has 112 valence electrons. The molecule has 0 aromatic carbocycles. The van der Waals surface area contributed by atoms with Gasteiger partial charge in [-0.25, -0.2) is 0 Å². The first-order valence-electron chi connectivity index (χ1n) is 7.88. The van der Waals surface area contributed by atoms with Gasteiger partial charge in [0.25, 0.3) is 0 Å². The summed E-state index contributed by atoms with van der Waals surface area (Å²) in [5.41, 5.74) is 0. The maximum absolute atomic E-state index is 11.8. The summed E-state index contributed by atoms with van der Waals surface area (Å²) in [4.78, 5) is 14.1. The summed E-state index contributed by atoms with van der Waals surface area (Å²) in [6.07, 6.45) is 8.89. The van der Waals surface area contributed by atoms with E-state index in [1.165, 1.54) is 32.1 Å². The van der Waals surface area contributed by atoms with Gasteiger partial charge in [-0.05, 0) is 32.4 Å². The van der Waals surface area contributed by atoms with E-state index in [1.807, 2.05) is 0 Å². The highest BCUT2D eigenvalue weighted by molar-refractivity contribution is 5.76. The lowest BCUT2D eigenvalue weighted by atomic mass is 10.1. The van der Waals surface area contributed by atoms with Crippen LogP contribution in [0.4, 0.5) is 0 Å². The number of amides is 1. The van der Waals surface area contributed by atoms with Gasteiger partial charge in [-0.2, -0.15) is 0 Å². The fourth-order valence-corrected chi connectivity index (χ4v) is 2.61. The second-order valence-corrected chi connectivity index (χ2v) is 5.62. The Morgan fingerprint density at radius 3 is 2.53 bits per heavy atom. The highest BCUT2D eigenvalue weighted by Gasteiger charge is 2.18. The smallest absolute Gasteiger partial charge is 0.220 e. The quantitative estimate of drug-likeness (QED) is 0.596. The zero-order chi connectivity index (χ0) is 13.9. The minimum atomic E-state index is -0.0961. The summed E-state index contributed by atoms with van der Waals surface area (Å²) in [5, 5.41) is 12.3. The molecular weight excluding hydrogens is 240 g/mol. The largest absolute Gasteiger partial charge is 0.394 e. The van der Waals surface area contributed by atoms with E-state index >= 15 is 0 Å². The van der Waals surface area contributed by atoms with Gasteiger partial charge in [-0.3, -0.25) is 4.79 Å². The number of aliphatic hydroxyl groups excluding tert-OH is 1. The van der Waals surface area contributed by atoms with Gasteiger partial charge in [-0.15, -0.1) is 0 Å². The zero-order valence-corrected chi connectivity index (χ0v) is 12.4. The zero-order valence-electron chi connectivity index (χ0n) is 12.4. The van der Waals surface area contributed by atoms with E-state index in [4.69, 9.17) is 0 Å². The second kappa shape index (κ2) is 10.2. The Morgan fingerprint density at radius 1 is 1.21 bits per heavy atom. The summed E-state index contributed by atoms with van der Waals surface area (Å²) in [7, 11) is 0. The van der Waals surface area contributed by atoms with Crippen LogP contribution in [0.15, 0.2) is 0 Å². The van der Waals surface area contributed by atoms with Crippen LogP contribution in [0.1, 0.15) is 58.3 Å². The maximum Gasteiger partial charge on any atom is 0.220 e. The molecule has 1 rings (SSSR count). The third-order valence-electron chi connectivity index (χ3n) is 3.77. The molecule has 2 N–H and O–H groups in total. The van der Waals surface area contributed by atoms with Crippen molar-refractivity contribution in [3.05, 3.63) is 0 Å². The van der Waals surface area contributed by atoms with Gasteiger partial charge in [0.2, 0.25) is 5.91 Å². The average Bonchev–Trinajstić information content (AvgIpc) is 2.90. The van der Waals surface area contributed by atoms with Crippen LogP contribution in [-0.2, 0) is 4.79 Å². The fourth-order valence-electron chi connectivity index (χ4n) is 2.61. The number of carbonyl (C=O) groups excluding carboxylic acids is 1. The fraction of sp³-hybridized carbons (Fsp3) is 0.933. The van der Waals surface area contributed by atoms with E-state index < -0.39 is 0 Å². The van der Waals surface area contributed by atoms with E-state index in [-0.39, 0.29) is 18.6 Å². The molecule has 1 heterocycles. The predicted molar refractivity (Wildman–Crippen MR) is 78.1 cm³/mol. The molecule has 1 atom stereocenters. The molecule has 0 unspecified atom stereocenters. The van der Waals surface area contributed by atoms with Crippen molar-refractivity contribution in [3.63, 3.8) is 0 Å². The minimum absolute atomic E-state index is 0.0398. The standard InChI is InChI=1S/C15H30N2O2/c1-2-3-4-5-6-9-15(19)16-14(13-18)12-17-10-7-8-11-17/h14,18H,2-13H2,1H3,(H,16,19)/t14-/m1/s1. The lowest BCUT2D eigenvalue weighted by molar-refractivity contribution is -0.122. The van der Waals surface area contributed by atoms with Crippen LogP contribution in [-0.4, -0.2) is 48.2 Å². The summed E-state index contributed by atoms with van der Waals surface area (Å²) in [5.74, 6) is 0.0924. The van der Waals surface area contributed by atoms with Gasteiger partial charge in [-0.1, -0.05) is 32.6 Å². The van der Waals surface area contributed by atoms with E-state index in [9.17, 15) is 9.90 Å². The van der Waals surface area contributed by atoms with E-state index in [1.54, 1.807) is 0 Å². The highest BCUT2D eigenvalue weighted by Crippen LogP contribution is 2.08. The lowest BCUT2D eigenvalue weighted by Crippen LogP contribution is -2.45. The maximum atomic E-state index is 11.8. The molecular formula is C15H30N2O2. The Balaban J connectivity index is 2.10. The number of nitrogens with zero attached hydrogens (tertiary/aromatic N) is 1. The molecule has 19 heavy (non-hydrogen) atoms. The van der Waals surface area contributed by atoms with Crippen LogP contribution in [0.5, 0.6) is 0 Å². The summed E-state index contributed by atoms with van der Waals surface area (Å²) in [6.45, 7) is 5.22. The van der Waals surface area contributed by atoms with Crippen LogP contribution in [0.2, 0.25) is 0 Å². The van der Waals surface area contributed by atoms with Crippen LogP contribution in [0.25, 0.3) is 0 Å². The molecule has 0 bridgehead atoms. The number of aliphatic hydroxyl groups is 1. The first-order valence-corrected chi connectivity index (χ1v) is 7.88. The molecule has 0 aromatic rings. The lowest BCUT2D eigenvalue weighted by Gasteiger charge is -2.22. The van der Waals surface area contributed by atoms with Gasteiger partial charge < -0.3 is 15.3 Å². The van der Waals surface area contributed by atoms with Crippen molar-refractivity contribution in [2.75, 3.05) is 26.2 Å². The number of rotatable bonds is 10. The SMILES string of the molecule is CCCCCCCC(=O)N[C@@H](CO)CN1CCCC1. The monoisotopic (exact) mass is 270 g/mol. The topological polar surface area (TPSA) is 52.6 Å². The molecule has 4 heteroatoms. The average molecular weight is 270 g/mol. The molecule has 0 saturated carbocycles. The van der Waals surface area contributed by atoms with E-state index in [0.29, 0.717) is 6.42 Å². The molecule has 0 aliphatic carbocycles. The number of nitrogens with one attached hydrogen (secondary N) is 1. The third kappa shape index (κ3) is 7.53. The van der Waals surface area contributed by atoms with Gasteiger partial charge in [0.1, 0.15) is 0 Å². The normalized spacial score (nSPS) is 17.6. The minimum Gasteiger partial charge on any atom is -0.394 e. The summed E-state index contributed by atoms with van der Waals surface area (Å²) >= 11 is 0. The van der Waals surface area contributed by atoms with Crippen LogP contribution < -0.4 is 5.32 Å². The third-order valence-corrected chi connectivity index (χ3v) is 3.77. The molecule has 1 amide bonds. The van der Waals surface area contributed by atoms with Crippen LogP contribution >= 0.6 is 0 Å². The van der Waals surface area contributed by atoms with Crippen molar-refractivity contribution >= 4 is 5.91 Å². The first kappa shape index (κ1) is 16.4. The van der Waals surface area contributed by atoms with Crippen LogP contribution in [0, 0.1) is 0 Å². The van der Waals surface area contributed by atoms with Gasteiger partial charge in [0.15, 0.2) is 0 Å². The molecule has 0 radical (unpaired) electrons. The number of carbonyl (C=O) groups is 1. The highest BCUT2D eigenvalue weighted by atomic mass is 16.3. The van der Waals surface area contributed by atoms with E-state index in [2.05, 4.69) is 17.1 Å². The molecule has 1 saturated heterocycles. The number of likely N-dealkylation sites (tertiary alicyclic amines) is 1. The van der Waals surface area contributed by atoms with Crippen molar-refractivity contribution in [2.45, 2.75) is 64.3 Å². The number of unbranched alkanes of at least 4 members (excludes halogenated alkanes) is 4. The van der Waals surface area contributed by atoms with Crippen LogP contribution in [0.3, 0.4) is 0 Å². The molecule has 1 aliphatic rings. The van der Waals surface area contributed by atoms with Gasteiger partial charge in [0.05, 0.1) is 12.6 Å². The Hall–Kier alpha value is -0.610. The van der Waals surface area contributed by atoms with E-state index in [0.717, 1.165) is 32.5 Å². The Kier molecular flexibility index (Phi) is 8.84. The van der Waals surface area contributed by atoms with Crippen molar-refractivity contribution in [2.24, 2.45) is 0 Å². The Labute approximate surface area is 117 Å². The molecule has 0 spiro atoms. The van der Waals surface area contributed by atoms with Crippen molar-refractivity contribution in [3.8, 4) is 0 Å². The predicted octanol–water partition coefficient (Wildman–Crippen LogP) is 1.92. The molecule has 1 fully saturated rings. The summed E-state index contributed by atoms with van der Waals surface area (Å²) < 4.78 is 0. The molecule has 4 nitrogen and oxygen atoms in total. The van der Waals surface area contributed by atoms with Crippen molar-refractivity contribution in [1.29, 1.82) is 0 Å². The molecule has 0 aromatic heterocycles. The van der Waals surface area contributed by atoms with Gasteiger partial charge in [0, 0.05) is 13.0 Å². The number of hydrogen-bond donors (Lipinski definition) is 2. The van der Waals surface area contributed by atoms with Gasteiger partial charge >= 0.3 is 0 Å². The summed E-state index contributed by atoms with van der Waals surface area (Å²) in [6, 6.07) is -0.0961. The Morgan fingerprint density at radius 2 is 1.89 bits per heavy atom. The second-order valence-electron chi connectivity index (χ2n) is 5.62. The van der Waals surface area contributed by atoms with Crippen molar-refractivity contribution < 1.29 is 9.90 Å². The van der Waals surface area contributed by atoms with Crippen molar-refractivity contribution in [1.82, 2.24) is 10.2 Å². The number of hydrogen-bond acceptors (Lipinski definition) is 3. The first-order chi connectivity index (χ1) is 9.26. The molecule has 1 aliphatic heterocycles.